The Balaban J connectivity index is 1.46. The normalized spacial score (nSPS) is 14.0. The molecule has 1 aromatic carbocycles. The van der Waals surface area contributed by atoms with Crippen LogP contribution >= 0.6 is 0 Å². The van der Waals surface area contributed by atoms with Crippen molar-refractivity contribution in [3.8, 4) is 5.88 Å². The number of hydrogen-bond donors (Lipinski definition) is 1. The number of hydrogen-bond acceptors (Lipinski definition) is 4. The van der Waals surface area contributed by atoms with Gasteiger partial charge in [0.1, 0.15) is 6.61 Å². The standard InChI is InChI=1S/C18H22N2O2/c1-21-8-9-22-18-7-6-14(13-20-18)12-19-17-10-15-4-2-3-5-16(15)11-17/h2-7,13,17,19H,8-12H2,1H3. The van der Waals surface area contributed by atoms with Crippen LogP contribution in [0.2, 0.25) is 0 Å². The molecule has 0 radical (unpaired) electrons. The highest BCUT2D eigenvalue weighted by Crippen LogP contribution is 2.21. The number of fused-ring (bicyclic) bond motifs is 1. The van der Waals surface area contributed by atoms with E-state index in [-0.39, 0.29) is 0 Å². The molecule has 0 amide bonds. The lowest BCUT2D eigenvalue weighted by Gasteiger charge is -2.12. The van der Waals surface area contributed by atoms with Gasteiger partial charge in [-0.15, -0.1) is 0 Å². The number of pyridine rings is 1. The zero-order valence-corrected chi connectivity index (χ0v) is 12.9. The minimum atomic E-state index is 0.523. The van der Waals surface area contributed by atoms with Gasteiger partial charge in [0.05, 0.1) is 6.61 Å². The maximum atomic E-state index is 5.47. The number of aromatic nitrogens is 1. The van der Waals surface area contributed by atoms with Crippen LogP contribution in [0.25, 0.3) is 0 Å². The Kier molecular flexibility index (Phi) is 5.03. The van der Waals surface area contributed by atoms with Gasteiger partial charge in [-0.05, 0) is 29.5 Å². The van der Waals surface area contributed by atoms with Crippen molar-refractivity contribution < 1.29 is 9.47 Å². The molecule has 1 N–H and O–H groups in total. The minimum absolute atomic E-state index is 0.523. The van der Waals surface area contributed by atoms with Crippen molar-refractivity contribution in [1.82, 2.24) is 10.3 Å². The fourth-order valence-electron chi connectivity index (χ4n) is 2.80. The third-order valence-corrected chi connectivity index (χ3v) is 3.98. The van der Waals surface area contributed by atoms with E-state index in [9.17, 15) is 0 Å². The lowest BCUT2D eigenvalue weighted by molar-refractivity contribution is 0.143. The summed E-state index contributed by atoms with van der Waals surface area (Å²) in [4.78, 5) is 4.32. The lowest BCUT2D eigenvalue weighted by Crippen LogP contribution is -2.28. The molecular weight excluding hydrogens is 276 g/mol. The summed E-state index contributed by atoms with van der Waals surface area (Å²) in [7, 11) is 1.66. The van der Waals surface area contributed by atoms with Gasteiger partial charge in [0.15, 0.2) is 0 Å². The van der Waals surface area contributed by atoms with E-state index >= 15 is 0 Å². The van der Waals surface area contributed by atoms with Gasteiger partial charge < -0.3 is 14.8 Å². The van der Waals surface area contributed by atoms with Crippen LogP contribution in [0.15, 0.2) is 42.6 Å². The molecule has 4 nitrogen and oxygen atoms in total. The molecule has 1 heterocycles. The minimum Gasteiger partial charge on any atom is -0.475 e. The molecule has 116 valence electrons. The predicted octanol–water partition coefficient (Wildman–Crippen LogP) is 2.36. The Hall–Kier alpha value is -1.91. The summed E-state index contributed by atoms with van der Waals surface area (Å²) in [6.07, 6.45) is 4.10. The monoisotopic (exact) mass is 298 g/mol. The number of benzene rings is 1. The Labute approximate surface area is 131 Å². The first-order valence-corrected chi connectivity index (χ1v) is 7.72. The second-order valence-electron chi connectivity index (χ2n) is 5.60. The van der Waals surface area contributed by atoms with Crippen LogP contribution in [-0.2, 0) is 24.1 Å². The zero-order chi connectivity index (χ0) is 15.2. The first-order valence-electron chi connectivity index (χ1n) is 7.72. The molecule has 4 heteroatoms. The van der Waals surface area contributed by atoms with Crippen LogP contribution in [0, 0.1) is 0 Å². The SMILES string of the molecule is COCCOc1ccc(CNC2Cc3ccccc3C2)cn1. The van der Waals surface area contributed by atoms with E-state index < -0.39 is 0 Å². The van der Waals surface area contributed by atoms with Gasteiger partial charge in [0, 0.05) is 32.0 Å². The first kappa shape index (κ1) is 15.0. The third kappa shape index (κ3) is 3.84. The fourth-order valence-corrected chi connectivity index (χ4v) is 2.80. The zero-order valence-electron chi connectivity index (χ0n) is 12.9. The summed E-state index contributed by atoms with van der Waals surface area (Å²) >= 11 is 0. The van der Waals surface area contributed by atoms with Crippen molar-refractivity contribution in [2.75, 3.05) is 20.3 Å². The van der Waals surface area contributed by atoms with E-state index in [2.05, 4.69) is 40.6 Å². The maximum Gasteiger partial charge on any atom is 0.213 e. The van der Waals surface area contributed by atoms with E-state index in [1.165, 1.54) is 16.7 Å². The van der Waals surface area contributed by atoms with Gasteiger partial charge >= 0.3 is 0 Å². The third-order valence-electron chi connectivity index (χ3n) is 3.98. The molecule has 0 fully saturated rings. The molecule has 0 aliphatic heterocycles. The van der Waals surface area contributed by atoms with Crippen LogP contribution in [0.1, 0.15) is 16.7 Å². The quantitative estimate of drug-likeness (QED) is 0.797. The number of ether oxygens (including phenoxy) is 2. The summed E-state index contributed by atoms with van der Waals surface area (Å²) in [5, 5.41) is 3.62. The lowest BCUT2D eigenvalue weighted by atomic mass is 10.1. The molecule has 2 aromatic rings. The van der Waals surface area contributed by atoms with Gasteiger partial charge in [-0.3, -0.25) is 0 Å². The number of methoxy groups -OCH3 is 1. The fraction of sp³-hybridized carbons (Fsp3) is 0.389. The van der Waals surface area contributed by atoms with E-state index in [1.54, 1.807) is 7.11 Å². The first-order chi connectivity index (χ1) is 10.8. The molecule has 1 aliphatic carbocycles. The van der Waals surface area contributed by atoms with Crippen molar-refractivity contribution in [2.45, 2.75) is 25.4 Å². The molecular formula is C18H22N2O2. The van der Waals surface area contributed by atoms with Crippen molar-refractivity contribution in [1.29, 1.82) is 0 Å². The van der Waals surface area contributed by atoms with Crippen molar-refractivity contribution >= 4 is 0 Å². The molecule has 0 atom stereocenters. The van der Waals surface area contributed by atoms with Crippen molar-refractivity contribution in [3.05, 3.63) is 59.3 Å². The second kappa shape index (κ2) is 7.38. The summed E-state index contributed by atoms with van der Waals surface area (Å²) in [5.41, 5.74) is 4.12. The maximum absolute atomic E-state index is 5.47. The molecule has 0 saturated heterocycles. The molecule has 3 rings (SSSR count). The smallest absolute Gasteiger partial charge is 0.213 e. The molecule has 1 aromatic heterocycles. The van der Waals surface area contributed by atoms with E-state index in [4.69, 9.17) is 9.47 Å². The second-order valence-corrected chi connectivity index (χ2v) is 5.60. The Morgan fingerprint density at radius 1 is 1.09 bits per heavy atom. The Morgan fingerprint density at radius 3 is 2.50 bits per heavy atom. The van der Waals surface area contributed by atoms with Gasteiger partial charge in [0.2, 0.25) is 5.88 Å². The largest absolute Gasteiger partial charge is 0.475 e. The average molecular weight is 298 g/mol. The number of nitrogens with zero attached hydrogens (tertiary/aromatic N) is 1. The molecule has 0 saturated carbocycles. The molecule has 22 heavy (non-hydrogen) atoms. The van der Waals surface area contributed by atoms with E-state index in [0.717, 1.165) is 19.4 Å². The summed E-state index contributed by atoms with van der Waals surface area (Å²) in [6, 6.07) is 13.2. The average Bonchev–Trinajstić information content (AvgIpc) is 2.97. The van der Waals surface area contributed by atoms with Crippen LogP contribution in [0.4, 0.5) is 0 Å². The predicted molar refractivity (Wildman–Crippen MR) is 86.1 cm³/mol. The molecule has 0 unspecified atom stereocenters. The van der Waals surface area contributed by atoms with Crippen molar-refractivity contribution in [2.24, 2.45) is 0 Å². The highest BCUT2D eigenvalue weighted by molar-refractivity contribution is 5.33. The summed E-state index contributed by atoms with van der Waals surface area (Å²) in [6.45, 7) is 1.94. The van der Waals surface area contributed by atoms with Crippen LogP contribution < -0.4 is 10.1 Å². The molecule has 1 aliphatic rings. The highest BCUT2D eigenvalue weighted by atomic mass is 16.5. The molecule has 0 bridgehead atoms. The Morgan fingerprint density at radius 2 is 1.86 bits per heavy atom. The van der Waals surface area contributed by atoms with Gasteiger partial charge in [-0.25, -0.2) is 4.98 Å². The van der Waals surface area contributed by atoms with E-state index in [0.29, 0.717) is 25.1 Å². The topological polar surface area (TPSA) is 43.4 Å². The van der Waals surface area contributed by atoms with E-state index in [1.807, 2.05) is 12.3 Å². The molecule has 0 spiro atoms. The van der Waals surface area contributed by atoms with Gasteiger partial charge in [0.25, 0.3) is 0 Å². The van der Waals surface area contributed by atoms with Crippen molar-refractivity contribution in [3.63, 3.8) is 0 Å². The summed E-state index contributed by atoms with van der Waals surface area (Å²) < 4.78 is 10.4. The van der Waals surface area contributed by atoms with Crippen LogP contribution in [0.5, 0.6) is 5.88 Å². The Bertz CT molecular complexity index is 573. The highest BCUT2D eigenvalue weighted by Gasteiger charge is 2.19. The van der Waals surface area contributed by atoms with Crippen LogP contribution in [-0.4, -0.2) is 31.3 Å². The summed E-state index contributed by atoms with van der Waals surface area (Å²) in [5.74, 6) is 0.647. The van der Waals surface area contributed by atoms with Gasteiger partial charge in [-0.2, -0.15) is 0 Å². The van der Waals surface area contributed by atoms with Crippen LogP contribution in [0.3, 0.4) is 0 Å². The number of rotatable bonds is 7. The van der Waals surface area contributed by atoms with Gasteiger partial charge in [-0.1, -0.05) is 30.3 Å². The number of nitrogens with one attached hydrogen (secondary N) is 1.